The molecule has 0 spiro atoms. The fourth-order valence-corrected chi connectivity index (χ4v) is 1.40. The summed E-state index contributed by atoms with van der Waals surface area (Å²) in [5.74, 6) is 5.15. The molecule has 1 aromatic carbocycles. The molecule has 1 aromatic heterocycles. The number of esters is 1. The number of rotatable bonds is 1. The Bertz CT molecular complexity index is 670. The first-order valence-electron chi connectivity index (χ1n) is 4.97. The van der Waals surface area contributed by atoms with Crippen LogP contribution in [0.15, 0.2) is 23.0 Å². The van der Waals surface area contributed by atoms with E-state index >= 15 is 0 Å². The van der Waals surface area contributed by atoms with Gasteiger partial charge >= 0.3 is 11.7 Å². The van der Waals surface area contributed by atoms with E-state index in [1.165, 1.54) is 7.11 Å². The topological polar surface area (TPSA) is 75.0 Å². The Labute approximate surface area is 96.8 Å². The molecule has 5 nitrogen and oxygen atoms in total. The summed E-state index contributed by atoms with van der Waals surface area (Å²) in [7, 11) is 1.32. The number of carbonyl (C=O) groups excluding carboxylic acids is 1. The fraction of sp³-hybridized carbons (Fsp3) is 0.167. The van der Waals surface area contributed by atoms with Crippen LogP contribution in [0.1, 0.15) is 12.0 Å². The monoisotopic (exact) mass is 230 g/mol. The second-order valence-electron chi connectivity index (χ2n) is 3.39. The molecule has 1 heterocycles. The van der Waals surface area contributed by atoms with Gasteiger partial charge in [-0.3, -0.25) is 4.79 Å². The third-order valence-electron chi connectivity index (χ3n) is 2.21. The fourth-order valence-electron chi connectivity index (χ4n) is 1.40. The number of benzene rings is 1. The summed E-state index contributed by atoms with van der Waals surface area (Å²) in [4.78, 5) is 27.1. The zero-order valence-electron chi connectivity index (χ0n) is 9.16. The molecule has 0 aliphatic heterocycles. The van der Waals surface area contributed by atoms with Crippen LogP contribution in [0.25, 0.3) is 11.0 Å². The summed E-state index contributed by atoms with van der Waals surface area (Å²) in [6.45, 7) is 0. The normalized spacial score (nSPS) is 9.71. The average Bonchev–Trinajstić information content (AvgIpc) is 2.68. The van der Waals surface area contributed by atoms with Crippen molar-refractivity contribution in [2.45, 2.75) is 6.42 Å². The number of nitrogens with one attached hydrogen (secondary N) is 2. The van der Waals surface area contributed by atoms with Gasteiger partial charge in [-0.25, -0.2) is 4.79 Å². The number of ether oxygens (including phenoxy) is 1. The number of hydrogen-bond acceptors (Lipinski definition) is 3. The van der Waals surface area contributed by atoms with E-state index in [0.29, 0.717) is 5.52 Å². The van der Waals surface area contributed by atoms with Crippen LogP contribution in [-0.2, 0) is 9.53 Å². The first-order valence-corrected chi connectivity index (χ1v) is 4.97. The summed E-state index contributed by atoms with van der Waals surface area (Å²) < 4.78 is 4.47. The molecule has 0 atom stereocenters. The Hall–Kier alpha value is -2.48. The Morgan fingerprint density at radius 2 is 2.12 bits per heavy atom. The van der Waals surface area contributed by atoms with E-state index in [1.807, 2.05) is 0 Å². The Kier molecular flexibility index (Phi) is 2.97. The van der Waals surface area contributed by atoms with E-state index in [2.05, 4.69) is 26.5 Å². The van der Waals surface area contributed by atoms with Gasteiger partial charge in [-0.1, -0.05) is 11.8 Å². The maximum Gasteiger partial charge on any atom is 0.323 e. The number of H-pyrrole nitrogens is 2. The number of imidazole rings is 1. The minimum absolute atomic E-state index is 0.0538. The zero-order valence-corrected chi connectivity index (χ0v) is 9.16. The Morgan fingerprint density at radius 1 is 1.35 bits per heavy atom. The van der Waals surface area contributed by atoms with Gasteiger partial charge in [-0.05, 0) is 18.2 Å². The lowest BCUT2D eigenvalue weighted by molar-refractivity contribution is -0.139. The lowest BCUT2D eigenvalue weighted by Gasteiger charge is -1.91. The van der Waals surface area contributed by atoms with Gasteiger partial charge in [0, 0.05) is 5.56 Å². The smallest absolute Gasteiger partial charge is 0.323 e. The standard InChI is InChI=1S/C12H10N2O3/c1-17-11(15)4-2-3-8-5-6-9-10(7-8)14-12(16)13-9/h5-7H,4H2,1H3,(H2,13,14,16). The molecule has 2 rings (SSSR count). The molecule has 0 radical (unpaired) electrons. The molecule has 0 saturated carbocycles. The highest BCUT2D eigenvalue weighted by atomic mass is 16.5. The van der Waals surface area contributed by atoms with Crippen molar-refractivity contribution in [1.82, 2.24) is 9.97 Å². The van der Waals surface area contributed by atoms with Crippen molar-refractivity contribution >= 4 is 17.0 Å². The zero-order chi connectivity index (χ0) is 12.3. The SMILES string of the molecule is COC(=O)CC#Cc1ccc2[nH]c(=O)[nH]c2c1. The van der Waals surface area contributed by atoms with Crippen molar-refractivity contribution in [3.05, 3.63) is 34.2 Å². The van der Waals surface area contributed by atoms with Gasteiger partial charge in [0.25, 0.3) is 0 Å². The van der Waals surface area contributed by atoms with Gasteiger partial charge in [0.1, 0.15) is 6.42 Å². The number of carbonyl (C=O) groups is 1. The van der Waals surface area contributed by atoms with Crippen molar-refractivity contribution in [3.63, 3.8) is 0 Å². The minimum Gasteiger partial charge on any atom is -0.468 e. The summed E-state index contributed by atoms with van der Waals surface area (Å²) in [5.41, 5.74) is 1.91. The van der Waals surface area contributed by atoms with Crippen LogP contribution >= 0.6 is 0 Å². The third kappa shape index (κ3) is 2.55. The van der Waals surface area contributed by atoms with Crippen LogP contribution in [-0.4, -0.2) is 23.0 Å². The van der Waals surface area contributed by atoms with Gasteiger partial charge in [-0.2, -0.15) is 0 Å². The highest BCUT2D eigenvalue weighted by Crippen LogP contribution is 2.08. The molecule has 0 bridgehead atoms. The van der Waals surface area contributed by atoms with Crippen LogP contribution in [0.5, 0.6) is 0 Å². The van der Waals surface area contributed by atoms with Crippen LogP contribution in [0, 0.1) is 11.8 Å². The minimum atomic E-state index is -0.367. The molecular formula is C12H10N2O3. The lowest BCUT2D eigenvalue weighted by Crippen LogP contribution is -1.99. The van der Waals surface area contributed by atoms with E-state index in [1.54, 1.807) is 18.2 Å². The molecule has 0 aliphatic rings. The number of aromatic nitrogens is 2. The molecule has 0 unspecified atom stereocenters. The molecule has 0 amide bonds. The Morgan fingerprint density at radius 3 is 2.88 bits per heavy atom. The summed E-state index contributed by atoms with van der Waals surface area (Å²) in [6.07, 6.45) is 0.0538. The van der Waals surface area contributed by atoms with E-state index in [4.69, 9.17) is 0 Å². The summed E-state index contributed by atoms with van der Waals surface area (Å²) in [6, 6.07) is 5.28. The highest BCUT2D eigenvalue weighted by Gasteiger charge is 1.98. The molecule has 86 valence electrons. The van der Waals surface area contributed by atoms with Crippen molar-refractivity contribution in [2.75, 3.05) is 7.11 Å². The number of fused-ring (bicyclic) bond motifs is 1. The molecular weight excluding hydrogens is 220 g/mol. The van der Waals surface area contributed by atoms with Gasteiger partial charge in [0.05, 0.1) is 18.1 Å². The second-order valence-corrected chi connectivity index (χ2v) is 3.39. The van der Waals surface area contributed by atoms with E-state index < -0.39 is 0 Å². The first-order chi connectivity index (χ1) is 8.19. The molecule has 2 aromatic rings. The Balaban J connectivity index is 2.24. The molecule has 0 fully saturated rings. The lowest BCUT2D eigenvalue weighted by atomic mass is 10.2. The average molecular weight is 230 g/mol. The summed E-state index contributed by atoms with van der Waals surface area (Å²) in [5, 5.41) is 0. The second kappa shape index (κ2) is 4.58. The van der Waals surface area contributed by atoms with E-state index in [-0.39, 0.29) is 18.1 Å². The predicted molar refractivity (Wildman–Crippen MR) is 62.4 cm³/mol. The number of methoxy groups -OCH3 is 1. The van der Waals surface area contributed by atoms with Crippen LogP contribution in [0.2, 0.25) is 0 Å². The van der Waals surface area contributed by atoms with Crippen molar-refractivity contribution in [3.8, 4) is 11.8 Å². The maximum atomic E-state index is 11.0. The van der Waals surface area contributed by atoms with Crippen molar-refractivity contribution in [2.24, 2.45) is 0 Å². The van der Waals surface area contributed by atoms with E-state index in [9.17, 15) is 9.59 Å². The van der Waals surface area contributed by atoms with Gasteiger partial charge in [0.15, 0.2) is 0 Å². The predicted octanol–water partition coefficient (Wildman–Crippen LogP) is 0.771. The quantitative estimate of drug-likeness (QED) is 0.561. The molecule has 5 heteroatoms. The first kappa shape index (κ1) is 11.0. The van der Waals surface area contributed by atoms with Gasteiger partial charge in [-0.15, -0.1) is 0 Å². The summed E-state index contributed by atoms with van der Waals surface area (Å²) >= 11 is 0. The van der Waals surface area contributed by atoms with Crippen LogP contribution in [0.3, 0.4) is 0 Å². The maximum absolute atomic E-state index is 11.0. The molecule has 17 heavy (non-hydrogen) atoms. The van der Waals surface area contributed by atoms with Crippen LogP contribution in [0.4, 0.5) is 0 Å². The molecule has 0 aliphatic carbocycles. The van der Waals surface area contributed by atoms with Crippen molar-refractivity contribution < 1.29 is 9.53 Å². The number of aromatic amines is 2. The molecule has 0 saturated heterocycles. The van der Waals surface area contributed by atoms with E-state index in [0.717, 1.165) is 11.1 Å². The van der Waals surface area contributed by atoms with Gasteiger partial charge in [0.2, 0.25) is 0 Å². The van der Waals surface area contributed by atoms with Gasteiger partial charge < -0.3 is 14.7 Å². The van der Waals surface area contributed by atoms with Crippen LogP contribution < -0.4 is 5.69 Å². The number of hydrogen-bond donors (Lipinski definition) is 2. The largest absolute Gasteiger partial charge is 0.468 e. The molecule has 2 N–H and O–H groups in total. The third-order valence-corrected chi connectivity index (χ3v) is 2.21. The van der Waals surface area contributed by atoms with Crippen molar-refractivity contribution in [1.29, 1.82) is 0 Å². The highest BCUT2D eigenvalue weighted by molar-refractivity contribution is 5.76.